The van der Waals surface area contributed by atoms with E-state index < -0.39 is 153 Å². The summed E-state index contributed by atoms with van der Waals surface area (Å²) in [5.41, 5.74) is 7.02. The topological polar surface area (TPSA) is 524 Å². The summed E-state index contributed by atoms with van der Waals surface area (Å²) in [7, 11) is -17.9. The molecule has 0 aromatic carbocycles. The number of ether oxygens (including phenoxy) is 4. The summed E-state index contributed by atoms with van der Waals surface area (Å²) in [5, 5.41) is 32.9. The van der Waals surface area contributed by atoms with Gasteiger partial charge < -0.3 is 79.3 Å². The minimum Gasteiger partial charge on any atom is -0.778 e. The molecule has 5 aromatic heterocycles. The molecule has 41 heteroatoms. The Morgan fingerprint density at radius 2 is 1.51 bits per heavy atom. The fourth-order valence-corrected chi connectivity index (χ4v) is 14.4. The first-order valence-corrected chi connectivity index (χ1v) is 28.3. The van der Waals surface area contributed by atoms with Gasteiger partial charge in [-0.05, 0) is 0 Å². The average Bonchev–Trinajstić information content (AvgIpc) is 4.13. The van der Waals surface area contributed by atoms with Crippen molar-refractivity contribution in [3.05, 3.63) is 62.4 Å². The van der Waals surface area contributed by atoms with E-state index in [2.05, 4.69) is 29.2 Å². The average molecular weight is 1160 g/mol. The Labute approximate surface area is 424 Å². The number of nitrogen functional groups attached to an aromatic ring is 2. The van der Waals surface area contributed by atoms with Gasteiger partial charge in [0.2, 0.25) is 24.4 Å². The Morgan fingerprint density at radius 1 is 0.855 bits per heavy atom. The number of anilines is 2. The lowest BCUT2D eigenvalue weighted by atomic mass is 9.94. The van der Waals surface area contributed by atoms with E-state index in [0.29, 0.717) is 0 Å². The molecular weight excluding hydrogens is 1110 g/mol. The van der Waals surface area contributed by atoms with E-state index in [1.165, 1.54) is 46.4 Å². The van der Waals surface area contributed by atoms with Crippen LogP contribution in [0.15, 0.2) is 45.6 Å². The van der Waals surface area contributed by atoms with Gasteiger partial charge in [0.25, 0.3) is 16.7 Å². The SMILES string of the molecule is CO[C@@H]1[C@H](P(=O)([O-])OC[C@H]2O[C@@H](n3ccc(=O)[nH]c3=O)[C@H](O)[C@@H]2O)[C@@H](COP(=O)(O)OP(=O)(O)NP(=O)(O)OC[C@H]2OC(n3c[n+](C)c4c(=O)[nH]c(N)nc43)[C@H](O)[C@@H]2CC(=O)N(C)C)O[C@H]1n1cnc2c(N)ncnc21. The Morgan fingerprint density at radius 3 is 2.20 bits per heavy atom. The number of H-pyrrole nitrogens is 2. The van der Waals surface area contributed by atoms with Crippen molar-refractivity contribution in [3.8, 4) is 0 Å². The maximum absolute atomic E-state index is 14.2. The van der Waals surface area contributed by atoms with E-state index in [0.717, 1.165) is 41.2 Å². The van der Waals surface area contributed by atoms with Crippen LogP contribution in [-0.4, -0.2) is 174 Å². The lowest BCUT2D eigenvalue weighted by Crippen LogP contribution is -2.40. The number of nitrogens with two attached hydrogens (primary N) is 2. The number of hydrogen-bond donors (Lipinski definition) is 11. The van der Waals surface area contributed by atoms with Crippen molar-refractivity contribution < 1.29 is 99.3 Å². The van der Waals surface area contributed by atoms with Gasteiger partial charge in [0.1, 0.15) is 50.0 Å². The molecule has 0 bridgehead atoms. The van der Waals surface area contributed by atoms with Gasteiger partial charge in [0, 0.05) is 45.8 Å². The number of hydrogen-bond acceptors (Lipinski definition) is 26. The molecule has 16 atom stereocenters. The number of aromatic amines is 2. The minimum absolute atomic E-state index is 0.00293. The van der Waals surface area contributed by atoms with Crippen LogP contribution in [0.5, 0.6) is 0 Å². The van der Waals surface area contributed by atoms with Crippen molar-refractivity contribution in [1.82, 2.24) is 53.4 Å². The number of aliphatic hydroxyl groups excluding tert-OH is 3. The number of nitrogens with one attached hydrogen (secondary N) is 3. The molecule has 8 heterocycles. The number of imidazole rings is 2. The predicted molar refractivity (Wildman–Crippen MR) is 247 cm³/mol. The number of methoxy groups -OCH3 is 1. The normalized spacial score (nSPS) is 30.0. The zero-order chi connectivity index (χ0) is 55.6. The lowest BCUT2D eigenvalue weighted by molar-refractivity contribution is -0.646. The summed E-state index contributed by atoms with van der Waals surface area (Å²) < 4.78 is 101. The molecule has 0 aliphatic carbocycles. The van der Waals surface area contributed by atoms with Crippen LogP contribution in [0.2, 0.25) is 0 Å². The summed E-state index contributed by atoms with van der Waals surface area (Å²) in [6.07, 6.45) is -12.8. The largest absolute Gasteiger partial charge is 0.778 e. The summed E-state index contributed by atoms with van der Waals surface area (Å²) in [6.45, 7) is -3.40. The smallest absolute Gasteiger partial charge is 0.480 e. The van der Waals surface area contributed by atoms with E-state index in [1.807, 2.05) is 4.98 Å². The van der Waals surface area contributed by atoms with Crippen LogP contribution in [0.4, 0.5) is 11.8 Å². The van der Waals surface area contributed by atoms with Crippen LogP contribution < -0.4 is 42.6 Å². The van der Waals surface area contributed by atoms with Gasteiger partial charge in [-0.3, -0.25) is 42.5 Å². The first-order chi connectivity index (χ1) is 35.5. The van der Waals surface area contributed by atoms with Gasteiger partial charge in [0.05, 0.1) is 51.1 Å². The summed E-state index contributed by atoms with van der Waals surface area (Å²) >= 11 is 0. The fourth-order valence-electron chi connectivity index (χ4n) is 8.75. The van der Waals surface area contributed by atoms with Gasteiger partial charge in [-0.2, -0.15) is 13.9 Å². The molecule has 3 aliphatic rings. The first-order valence-electron chi connectivity index (χ1n) is 22.0. The highest BCUT2D eigenvalue weighted by Gasteiger charge is 2.55. The van der Waals surface area contributed by atoms with Gasteiger partial charge in [-0.15, -0.1) is 4.86 Å². The van der Waals surface area contributed by atoms with Crippen LogP contribution in [0.3, 0.4) is 0 Å². The van der Waals surface area contributed by atoms with Gasteiger partial charge in [0.15, 0.2) is 23.9 Å². The highest BCUT2D eigenvalue weighted by atomic mass is 31.3. The Balaban J connectivity index is 0.969. The number of aromatic nitrogens is 10. The van der Waals surface area contributed by atoms with Crippen LogP contribution in [0, 0.1) is 5.92 Å². The molecule has 1 amide bonds. The number of rotatable bonds is 20. The molecule has 3 fully saturated rings. The maximum atomic E-state index is 14.2. The first kappa shape index (κ1) is 57.1. The van der Waals surface area contributed by atoms with Crippen molar-refractivity contribution in [2.24, 2.45) is 13.0 Å². The zero-order valence-corrected chi connectivity index (χ0v) is 43.3. The van der Waals surface area contributed by atoms with Crippen molar-refractivity contribution in [2.75, 3.05) is 52.5 Å². The highest BCUT2D eigenvalue weighted by Crippen LogP contribution is 2.63. The number of amides is 1. The molecule has 0 radical (unpaired) electrons. The number of carbonyl (C=O) groups is 1. The number of aliphatic hydroxyl groups is 3. The van der Waals surface area contributed by atoms with Crippen LogP contribution >= 0.6 is 30.9 Å². The molecule has 5 unspecified atom stereocenters. The molecular formula is C35H50N14O23P4. The molecule has 76 heavy (non-hydrogen) atoms. The molecule has 3 aliphatic heterocycles. The molecule has 0 saturated carbocycles. The molecule has 8 rings (SSSR count). The van der Waals surface area contributed by atoms with Crippen molar-refractivity contribution >= 4 is 70.9 Å². The quantitative estimate of drug-likeness (QED) is 0.0256. The number of phosphoric ester groups is 1. The van der Waals surface area contributed by atoms with E-state index in [9.17, 15) is 72.3 Å². The van der Waals surface area contributed by atoms with Crippen LogP contribution in [0.25, 0.3) is 22.3 Å². The fraction of sp³-hybridized carbons (Fsp3) is 0.571. The van der Waals surface area contributed by atoms with E-state index in [-0.39, 0.29) is 34.1 Å². The van der Waals surface area contributed by atoms with E-state index in [4.69, 9.17) is 44.0 Å². The number of fused-ring (bicyclic) bond motifs is 2. The molecule has 5 aromatic rings. The van der Waals surface area contributed by atoms with Gasteiger partial charge in [-0.1, -0.05) is 0 Å². The number of carbonyl (C=O) groups excluding carboxylic acids is 1. The molecule has 13 N–H and O–H groups in total. The summed E-state index contributed by atoms with van der Waals surface area (Å²) in [4.78, 5) is 119. The number of nitrogens with zero attached hydrogens (tertiary/aromatic N) is 9. The minimum atomic E-state index is -6.01. The third kappa shape index (κ3) is 11.7. The van der Waals surface area contributed by atoms with Crippen molar-refractivity contribution in [3.63, 3.8) is 0 Å². The zero-order valence-electron chi connectivity index (χ0n) is 39.7. The van der Waals surface area contributed by atoms with E-state index in [1.54, 1.807) is 0 Å². The Hall–Kier alpha value is -5.07. The third-order valence-electron chi connectivity index (χ3n) is 12.3. The molecule has 0 spiro atoms. The monoisotopic (exact) mass is 1160 g/mol. The molecule has 37 nitrogen and oxygen atoms in total. The number of phosphoric acid groups is 1. The molecule has 418 valence electrons. The molecule has 3 saturated heterocycles. The standard InChI is InChI=1S/C35H50N14O23P4/c1-45(2)19(51)7-14-15(69-31(22(14)52)49-13-46(3)21-29(49)42-34(37)43-30(21)55)8-67-74(59,60)44-75(61,62)72-76(63,64)68-10-17-26(25(65-4)33(71-17)48-12-40-20-27(36)38-11-39-28(20)48)73(57,58)66-9-16-23(53)24(54)32(70-16)47-6-5-18(50)41-35(47)56/h5-6,11-17,22-26,31-33,52-54H,7-10H2,1-4H3,(H10-,36,37,38,39,41,42,43,44,50,55,56,57,58,59,60,61,62,63,64)/t14-,15-,16-,17-,22-,23-,24-,25-,26-,31?,32-,33-/m1/s1. The Bertz CT molecular complexity index is 3390. The number of aryl methyl sites for hydroxylation is 1. The lowest BCUT2D eigenvalue weighted by Gasteiger charge is -2.35. The maximum Gasteiger partial charge on any atom is 0.480 e. The van der Waals surface area contributed by atoms with Gasteiger partial charge >= 0.3 is 34.6 Å². The van der Waals surface area contributed by atoms with Crippen molar-refractivity contribution in [1.29, 1.82) is 0 Å². The second-order valence-corrected chi connectivity index (χ2v) is 24.4. The summed E-state index contributed by atoms with van der Waals surface area (Å²) in [6, 6.07) is 0.915. The predicted octanol–water partition coefficient (Wildman–Crippen LogP) is -5.13. The van der Waals surface area contributed by atoms with Crippen LogP contribution in [-0.2, 0) is 66.9 Å². The second-order valence-electron chi connectivity index (χ2n) is 17.5. The van der Waals surface area contributed by atoms with E-state index >= 15 is 0 Å². The van der Waals surface area contributed by atoms with Crippen molar-refractivity contribution in [2.45, 2.75) is 73.5 Å². The summed E-state index contributed by atoms with van der Waals surface area (Å²) in [5.74, 6) is -2.17. The Kier molecular flexibility index (Phi) is 16.3. The highest BCUT2D eigenvalue weighted by molar-refractivity contribution is 7.71. The third-order valence-corrected chi connectivity index (χ3v) is 18.8. The van der Waals surface area contributed by atoms with Gasteiger partial charge in [-0.25, -0.2) is 38.0 Å². The van der Waals surface area contributed by atoms with Crippen LogP contribution in [0.1, 0.15) is 25.1 Å². The second kappa shape index (κ2) is 21.6.